The lowest BCUT2D eigenvalue weighted by Crippen LogP contribution is -2.28. The Balaban J connectivity index is 1.96. The minimum absolute atomic E-state index is 0.418. The summed E-state index contributed by atoms with van der Waals surface area (Å²) in [6.07, 6.45) is 0.747. The molecule has 0 aromatic heterocycles. The van der Waals surface area contributed by atoms with Gasteiger partial charge in [0.2, 0.25) is 0 Å². The smallest absolute Gasteiger partial charge is 0.0713 e. The third kappa shape index (κ3) is 2.42. The van der Waals surface area contributed by atoms with Crippen molar-refractivity contribution in [3.05, 3.63) is 126 Å². The Bertz CT molecular complexity index is 1140. The van der Waals surface area contributed by atoms with Crippen molar-refractivity contribution in [1.82, 2.24) is 0 Å². The molecule has 1 aliphatic rings. The van der Waals surface area contributed by atoms with Gasteiger partial charge in [0.15, 0.2) is 0 Å². The summed E-state index contributed by atoms with van der Waals surface area (Å²) in [5, 5.41) is 0. The Morgan fingerprint density at radius 1 is 0.621 bits per heavy atom. The molecule has 4 aromatic carbocycles. The number of hydrogen-bond donors (Lipinski definition) is 2. The third-order valence-electron chi connectivity index (χ3n) is 6.11. The van der Waals surface area contributed by atoms with Crippen molar-refractivity contribution in [2.75, 3.05) is 11.5 Å². The van der Waals surface area contributed by atoms with E-state index in [4.69, 9.17) is 11.5 Å². The minimum Gasteiger partial charge on any atom is -0.399 e. The molecule has 0 saturated heterocycles. The van der Waals surface area contributed by atoms with Crippen molar-refractivity contribution >= 4 is 11.4 Å². The summed E-state index contributed by atoms with van der Waals surface area (Å²) in [4.78, 5) is 0. The summed E-state index contributed by atoms with van der Waals surface area (Å²) in [7, 11) is 0. The molecule has 0 spiro atoms. The predicted molar refractivity (Wildman–Crippen MR) is 122 cm³/mol. The van der Waals surface area contributed by atoms with Gasteiger partial charge in [0.25, 0.3) is 0 Å². The predicted octanol–water partition coefficient (Wildman–Crippen LogP) is 5.59. The molecule has 1 aliphatic carbocycles. The van der Waals surface area contributed by atoms with Crippen LogP contribution in [0.4, 0.5) is 11.4 Å². The second-order valence-corrected chi connectivity index (χ2v) is 7.63. The maximum Gasteiger partial charge on any atom is 0.0713 e. The highest BCUT2D eigenvalue weighted by atomic mass is 14.6. The van der Waals surface area contributed by atoms with Crippen LogP contribution in [0.3, 0.4) is 0 Å². The molecule has 29 heavy (non-hydrogen) atoms. The lowest BCUT2D eigenvalue weighted by molar-refractivity contribution is 0.768. The summed E-state index contributed by atoms with van der Waals surface area (Å²) in [6, 6.07) is 31.8. The van der Waals surface area contributed by atoms with Crippen molar-refractivity contribution in [3.63, 3.8) is 0 Å². The Kier molecular flexibility index (Phi) is 3.95. The Morgan fingerprint density at radius 3 is 1.76 bits per heavy atom. The molecule has 1 radical (unpaired) electrons. The highest BCUT2D eigenvalue weighted by molar-refractivity contribution is 5.88. The van der Waals surface area contributed by atoms with Gasteiger partial charge in [0.1, 0.15) is 0 Å². The van der Waals surface area contributed by atoms with Gasteiger partial charge in [-0.05, 0) is 76.6 Å². The van der Waals surface area contributed by atoms with E-state index in [1.165, 1.54) is 38.9 Å². The second-order valence-electron chi connectivity index (χ2n) is 7.63. The van der Waals surface area contributed by atoms with E-state index in [0.29, 0.717) is 0 Å². The normalized spacial score (nSPS) is 13.7. The Morgan fingerprint density at radius 2 is 1.17 bits per heavy atom. The van der Waals surface area contributed by atoms with Gasteiger partial charge in [-0.1, -0.05) is 66.7 Å². The summed E-state index contributed by atoms with van der Waals surface area (Å²) >= 11 is 0. The average molecular weight is 375 g/mol. The Hall–Kier alpha value is -3.52. The van der Waals surface area contributed by atoms with Crippen molar-refractivity contribution in [3.8, 4) is 11.1 Å². The molecule has 0 amide bonds. The zero-order valence-corrected chi connectivity index (χ0v) is 16.2. The molecule has 141 valence electrons. The molecule has 0 saturated carbocycles. The molecule has 2 nitrogen and oxygen atoms in total. The monoisotopic (exact) mass is 375 g/mol. The fourth-order valence-corrected chi connectivity index (χ4v) is 4.87. The van der Waals surface area contributed by atoms with Crippen molar-refractivity contribution in [1.29, 1.82) is 0 Å². The molecular formula is C27H23N2. The van der Waals surface area contributed by atoms with E-state index in [0.717, 1.165) is 17.8 Å². The first-order valence-electron chi connectivity index (χ1n) is 9.90. The van der Waals surface area contributed by atoms with E-state index >= 15 is 0 Å². The third-order valence-corrected chi connectivity index (χ3v) is 6.11. The zero-order chi connectivity index (χ0) is 20.0. The molecule has 0 fully saturated rings. The maximum absolute atomic E-state index is 6.04. The summed E-state index contributed by atoms with van der Waals surface area (Å²) in [6.45, 7) is 4.19. The second kappa shape index (κ2) is 6.52. The van der Waals surface area contributed by atoms with Crippen LogP contribution in [0.25, 0.3) is 11.1 Å². The molecule has 5 rings (SSSR count). The lowest BCUT2D eigenvalue weighted by Gasteiger charge is -2.34. The standard InChI is InChI=1S/C27H23N2/c1-2-18-6-5-9-25-26(18)23-7-3-4-8-24(23)27(25,19-10-14-21(28)15-11-19)20-12-16-22(29)17-13-20/h3-17H,1-2,28-29H2. The van der Waals surface area contributed by atoms with Gasteiger partial charge in [-0.2, -0.15) is 0 Å². The van der Waals surface area contributed by atoms with Gasteiger partial charge in [-0.25, -0.2) is 0 Å². The number of hydrogen-bond acceptors (Lipinski definition) is 2. The van der Waals surface area contributed by atoms with Gasteiger partial charge in [-0.15, -0.1) is 0 Å². The summed E-state index contributed by atoms with van der Waals surface area (Å²) < 4.78 is 0. The van der Waals surface area contributed by atoms with Gasteiger partial charge in [-0.3, -0.25) is 0 Å². The van der Waals surface area contributed by atoms with Crippen LogP contribution in [0, 0.1) is 6.92 Å². The SMILES string of the molecule is [CH2]Cc1cccc2c1-c1ccccc1C2(c1ccc(N)cc1)c1ccc(N)cc1. The Labute approximate surface area is 171 Å². The molecular weight excluding hydrogens is 352 g/mol. The van der Waals surface area contributed by atoms with Crippen LogP contribution in [-0.2, 0) is 11.8 Å². The highest BCUT2D eigenvalue weighted by Crippen LogP contribution is 2.57. The molecule has 0 aliphatic heterocycles. The van der Waals surface area contributed by atoms with Crippen LogP contribution in [0.15, 0.2) is 91.0 Å². The van der Waals surface area contributed by atoms with Gasteiger partial charge in [0.05, 0.1) is 5.41 Å². The van der Waals surface area contributed by atoms with E-state index in [-0.39, 0.29) is 0 Å². The molecule has 2 heteroatoms. The summed E-state index contributed by atoms with van der Waals surface area (Å²) in [5.74, 6) is 0. The van der Waals surface area contributed by atoms with Crippen LogP contribution >= 0.6 is 0 Å². The number of rotatable bonds is 3. The first-order valence-corrected chi connectivity index (χ1v) is 9.90. The topological polar surface area (TPSA) is 52.0 Å². The number of anilines is 2. The molecule has 0 bridgehead atoms. The zero-order valence-electron chi connectivity index (χ0n) is 16.2. The number of benzene rings is 4. The van der Waals surface area contributed by atoms with Crippen LogP contribution in [-0.4, -0.2) is 0 Å². The van der Waals surface area contributed by atoms with Crippen LogP contribution in [0.2, 0.25) is 0 Å². The van der Waals surface area contributed by atoms with Gasteiger partial charge >= 0.3 is 0 Å². The van der Waals surface area contributed by atoms with Crippen LogP contribution in [0.1, 0.15) is 27.8 Å². The fourth-order valence-electron chi connectivity index (χ4n) is 4.87. The van der Waals surface area contributed by atoms with E-state index in [1.807, 2.05) is 24.3 Å². The quantitative estimate of drug-likeness (QED) is 0.404. The molecule has 0 atom stereocenters. The van der Waals surface area contributed by atoms with Crippen molar-refractivity contribution in [2.45, 2.75) is 11.8 Å². The first kappa shape index (κ1) is 17.6. The fraction of sp³-hybridized carbons (Fsp3) is 0.0741. The molecule has 4 aromatic rings. The molecule has 4 N–H and O–H groups in total. The number of fused-ring (bicyclic) bond motifs is 3. The largest absolute Gasteiger partial charge is 0.399 e. The number of nitrogens with two attached hydrogens (primary N) is 2. The maximum atomic E-state index is 6.04. The number of nitrogen functional groups attached to an aromatic ring is 2. The van der Waals surface area contributed by atoms with Crippen molar-refractivity contribution < 1.29 is 0 Å². The van der Waals surface area contributed by atoms with E-state index < -0.39 is 5.41 Å². The minimum atomic E-state index is -0.418. The van der Waals surface area contributed by atoms with E-state index in [1.54, 1.807) is 0 Å². The van der Waals surface area contributed by atoms with E-state index in [9.17, 15) is 0 Å². The van der Waals surface area contributed by atoms with E-state index in [2.05, 4.69) is 73.7 Å². The van der Waals surface area contributed by atoms with Crippen LogP contribution in [0.5, 0.6) is 0 Å². The van der Waals surface area contributed by atoms with Crippen molar-refractivity contribution in [2.24, 2.45) is 0 Å². The average Bonchev–Trinajstić information content (AvgIpc) is 3.06. The highest BCUT2D eigenvalue weighted by Gasteiger charge is 2.46. The molecule has 0 heterocycles. The lowest BCUT2D eigenvalue weighted by atomic mass is 9.67. The van der Waals surface area contributed by atoms with Crippen LogP contribution < -0.4 is 11.5 Å². The summed E-state index contributed by atoms with van der Waals surface area (Å²) in [5.41, 5.74) is 22.0. The molecule has 0 unspecified atom stereocenters. The van der Waals surface area contributed by atoms with Gasteiger partial charge in [0, 0.05) is 11.4 Å². The first-order chi connectivity index (χ1) is 14.2. The van der Waals surface area contributed by atoms with Gasteiger partial charge < -0.3 is 11.5 Å².